The van der Waals surface area contributed by atoms with E-state index in [1.54, 1.807) is 31.6 Å². The molecule has 0 bridgehead atoms. The number of aromatic nitrogens is 1. The van der Waals surface area contributed by atoms with Crippen LogP contribution in [0.15, 0.2) is 60.9 Å². The van der Waals surface area contributed by atoms with Crippen LogP contribution in [0.5, 0.6) is 0 Å². The number of benzene rings is 2. The van der Waals surface area contributed by atoms with Crippen molar-refractivity contribution in [3.8, 4) is 11.1 Å². The molecule has 3 aromatic rings. The molecule has 1 aliphatic heterocycles. The number of hydrogen-bond donors (Lipinski definition) is 2. The Hall–Kier alpha value is -4.11. The molecule has 1 saturated carbocycles. The summed E-state index contributed by atoms with van der Waals surface area (Å²) >= 11 is 0. The summed E-state index contributed by atoms with van der Waals surface area (Å²) < 4.78 is 14.4. The second-order valence-corrected chi connectivity index (χ2v) is 9.63. The summed E-state index contributed by atoms with van der Waals surface area (Å²) in [7, 11) is 1.63. The minimum absolute atomic E-state index is 0.0309. The molecular weight excluding hydrogens is 475 g/mol. The van der Waals surface area contributed by atoms with Crippen molar-refractivity contribution in [3.63, 3.8) is 0 Å². The number of carbonyl (C=O) groups is 3. The Morgan fingerprint density at radius 3 is 2.57 bits per heavy atom. The van der Waals surface area contributed by atoms with Crippen molar-refractivity contribution < 1.29 is 23.9 Å². The predicted octanol–water partition coefficient (Wildman–Crippen LogP) is 3.01. The maximum Gasteiger partial charge on any atom is 0.256 e. The van der Waals surface area contributed by atoms with Crippen LogP contribution in [0.4, 0.5) is 10.1 Å². The molecule has 0 atom stereocenters. The van der Waals surface area contributed by atoms with Crippen LogP contribution in [0, 0.1) is 11.7 Å². The van der Waals surface area contributed by atoms with Crippen molar-refractivity contribution in [1.82, 2.24) is 15.2 Å². The van der Waals surface area contributed by atoms with Gasteiger partial charge < -0.3 is 20.2 Å². The van der Waals surface area contributed by atoms with Crippen LogP contribution in [0.1, 0.15) is 39.1 Å². The summed E-state index contributed by atoms with van der Waals surface area (Å²) in [6.45, 7) is 0.193. The number of rotatable bonds is 6. The average molecular weight is 503 g/mol. The number of amides is 3. The highest BCUT2D eigenvalue weighted by Crippen LogP contribution is 2.31. The van der Waals surface area contributed by atoms with Gasteiger partial charge >= 0.3 is 0 Å². The van der Waals surface area contributed by atoms with Gasteiger partial charge in [0.1, 0.15) is 12.4 Å². The number of hydrogen-bond acceptors (Lipinski definition) is 5. The lowest BCUT2D eigenvalue weighted by atomic mass is 9.82. The number of nitrogens with one attached hydrogen (secondary N) is 1. The highest BCUT2D eigenvalue weighted by Gasteiger charge is 2.31. The summed E-state index contributed by atoms with van der Waals surface area (Å²) in [5, 5.41) is 12.2. The van der Waals surface area contributed by atoms with Gasteiger partial charge in [-0.2, -0.15) is 0 Å². The first-order chi connectivity index (χ1) is 17.8. The Kier molecular flexibility index (Phi) is 6.71. The molecule has 0 saturated heterocycles. The molecule has 2 N–H and O–H groups in total. The lowest BCUT2D eigenvalue weighted by molar-refractivity contribution is -0.119. The molecule has 8 nitrogen and oxygen atoms in total. The van der Waals surface area contributed by atoms with E-state index < -0.39 is 11.7 Å². The summed E-state index contributed by atoms with van der Waals surface area (Å²) in [6, 6.07) is 13.0. The van der Waals surface area contributed by atoms with Gasteiger partial charge in [-0.15, -0.1) is 0 Å². The molecule has 2 heterocycles. The number of nitrogens with zero attached hydrogens (tertiary/aromatic N) is 3. The quantitative estimate of drug-likeness (QED) is 0.540. The lowest BCUT2D eigenvalue weighted by Crippen LogP contribution is -2.38. The normalized spacial score (nSPS) is 19.2. The molecule has 37 heavy (non-hydrogen) atoms. The first-order valence-corrected chi connectivity index (χ1v) is 12.1. The van der Waals surface area contributed by atoms with Gasteiger partial charge in [0.15, 0.2) is 0 Å². The zero-order chi connectivity index (χ0) is 26.1. The number of halogens is 1. The third kappa shape index (κ3) is 5.22. The second-order valence-electron chi connectivity index (χ2n) is 9.63. The molecule has 0 radical (unpaired) electrons. The number of fused-ring (bicyclic) bond motifs is 1. The summed E-state index contributed by atoms with van der Waals surface area (Å²) in [5.74, 6) is -1.45. The topological polar surface area (TPSA) is 103 Å². The van der Waals surface area contributed by atoms with Gasteiger partial charge in [-0.05, 0) is 77.9 Å². The summed E-state index contributed by atoms with van der Waals surface area (Å²) in [6.07, 6.45) is 4.31. The first-order valence-electron chi connectivity index (χ1n) is 12.1. The molecule has 2 aromatic carbocycles. The molecule has 1 aromatic heterocycles. The van der Waals surface area contributed by atoms with E-state index in [2.05, 4.69) is 10.3 Å². The third-order valence-corrected chi connectivity index (χ3v) is 6.95. The van der Waals surface area contributed by atoms with Crippen LogP contribution in [0.2, 0.25) is 0 Å². The van der Waals surface area contributed by atoms with Gasteiger partial charge in [0, 0.05) is 38.1 Å². The van der Waals surface area contributed by atoms with E-state index >= 15 is 0 Å². The predicted molar refractivity (Wildman–Crippen MR) is 135 cm³/mol. The molecule has 5 rings (SSSR count). The highest BCUT2D eigenvalue weighted by atomic mass is 19.1. The van der Waals surface area contributed by atoms with Crippen LogP contribution in [-0.4, -0.2) is 59.0 Å². The summed E-state index contributed by atoms with van der Waals surface area (Å²) in [4.78, 5) is 45.9. The molecule has 3 amide bonds. The Morgan fingerprint density at radius 2 is 1.84 bits per heavy atom. The Balaban J connectivity index is 1.37. The van der Waals surface area contributed by atoms with Gasteiger partial charge in [-0.3, -0.25) is 19.4 Å². The fourth-order valence-electron chi connectivity index (χ4n) is 4.79. The molecule has 2 aliphatic rings. The smallest absolute Gasteiger partial charge is 0.256 e. The number of aliphatic hydroxyl groups is 1. The van der Waals surface area contributed by atoms with Crippen LogP contribution in [0.3, 0.4) is 0 Å². The van der Waals surface area contributed by atoms with E-state index in [0.717, 1.165) is 17.2 Å². The van der Waals surface area contributed by atoms with E-state index in [1.165, 1.54) is 21.9 Å². The van der Waals surface area contributed by atoms with E-state index in [0.29, 0.717) is 36.2 Å². The van der Waals surface area contributed by atoms with Gasteiger partial charge in [-0.1, -0.05) is 6.07 Å². The van der Waals surface area contributed by atoms with Gasteiger partial charge in [0.2, 0.25) is 5.91 Å². The van der Waals surface area contributed by atoms with Crippen LogP contribution >= 0.6 is 0 Å². The van der Waals surface area contributed by atoms with E-state index in [9.17, 15) is 23.9 Å². The fourth-order valence-corrected chi connectivity index (χ4v) is 4.79. The largest absolute Gasteiger partial charge is 0.393 e. The first kappa shape index (κ1) is 24.6. The zero-order valence-corrected chi connectivity index (χ0v) is 20.4. The molecule has 9 heteroatoms. The van der Waals surface area contributed by atoms with Crippen molar-refractivity contribution in [2.24, 2.45) is 5.92 Å². The maximum atomic E-state index is 14.4. The number of likely N-dealkylation sites (N-methyl/N-ethyl adjacent to an activating group) is 1. The van der Waals surface area contributed by atoms with Crippen molar-refractivity contribution in [2.45, 2.75) is 25.5 Å². The number of carbonyl (C=O) groups excluding carboxylic acids is 3. The Morgan fingerprint density at radius 1 is 1.08 bits per heavy atom. The summed E-state index contributed by atoms with van der Waals surface area (Å²) in [5.41, 5.74) is 3.16. The minimum Gasteiger partial charge on any atom is -0.393 e. The number of pyridine rings is 1. The molecule has 0 unspecified atom stereocenters. The van der Waals surface area contributed by atoms with Crippen molar-refractivity contribution >= 4 is 23.4 Å². The SMILES string of the molecule is CN1C(=O)CN(Cc2cc(F)cc(C(=O)NCC3CC(O)C3)c2)C(=O)c2ccc(-c3ccncc3)cc21. The monoisotopic (exact) mass is 502 g/mol. The van der Waals surface area contributed by atoms with Crippen LogP contribution in [-0.2, 0) is 11.3 Å². The van der Waals surface area contributed by atoms with E-state index in [-0.39, 0.29) is 42.5 Å². The molecule has 0 spiro atoms. The lowest BCUT2D eigenvalue weighted by Gasteiger charge is -2.31. The second kappa shape index (κ2) is 10.1. The third-order valence-electron chi connectivity index (χ3n) is 6.95. The van der Waals surface area contributed by atoms with Gasteiger partial charge in [-0.25, -0.2) is 4.39 Å². The molecule has 190 valence electrons. The van der Waals surface area contributed by atoms with Crippen molar-refractivity contribution in [1.29, 1.82) is 0 Å². The van der Waals surface area contributed by atoms with Crippen LogP contribution < -0.4 is 10.2 Å². The standard InChI is InChI=1S/C28H27FN4O4/c1-32-25-13-20(19-4-6-30-7-5-19)2-3-24(25)28(37)33(16-26(32)35)15-18-8-21(12-22(29)9-18)27(36)31-14-17-10-23(34)11-17/h2-9,12-13,17,23,34H,10-11,14-16H2,1H3,(H,31,36). The number of anilines is 1. The highest BCUT2D eigenvalue weighted by molar-refractivity contribution is 6.10. The number of aliphatic hydroxyl groups excluding tert-OH is 1. The van der Waals surface area contributed by atoms with Gasteiger partial charge in [0.05, 0.1) is 17.4 Å². The van der Waals surface area contributed by atoms with Crippen molar-refractivity contribution in [3.05, 3.63) is 83.4 Å². The zero-order valence-electron chi connectivity index (χ0n) is 20.4. The average Bonchev–Trinajstić information content (AvgIpc) is 2.96. The van der Waals surface area contributed by atoms with Gasteiger partial charge in [0.25, 0.3) is 11.8 Å². The molecule has 1 fully saturated rings. The fraction of sp³-hybridized carbons (Fsp3) is 0.286. The Labute approximate surface area is 213 Å². The van der Waals surface area contributed by atoms with Crippen LogP contribution in [0.25, 0.3) is 11.1 Å². The molecular formula is C28H27FN4O4. The van der Waals surface area contributed by atoms with E-state index in [4.69, 9.17) is 0 Å². The maximum absolute atomic E-state index is 14.4. The Bertz CT molecular complexity index is 1360. The molecule has 1 aliphatic carbocycles. The minimum atomic E-state index is -0.602. The van der Waals surface area contributed by atoms with E-state index in [1.807, 2.05) is 18.2 Å². The van der Waals surface area contributed by atoms with Crippen molar-refractivity contribution in [2.75, 3.05) is 25.0 Å².